The Hall–Kier alpha value is -1.07. The zero-order chi connectivity index (χ0) is 18.0. The van der Waals surface area contributed by atoms with E-state index in [4.69, 9.17) is 10.2 Å². The van der Waals surface area contributed by atoms with E-state index in [-0.39, 0.29) is 11.7 Å². The van der Waals surface area contributed by atoms with E-state index in [9.17, 15) is 18.0 Å². The minimum absolute atomic E-state index is 0.0395. The van der Waals surface area contributed by atoms with Crippen LogP contribution in [0.25, 0.3) is 0 Å². The summed E-state index contributed by atoms with van der Waals surface area (Å²) in [7, 11) is -3.03. The molecular formula is C13H27N3O6S. The predicted octanol–water partition coefficient (Wildman–Crippen LogP) is -2.42. The van der Waals surface area contributed by atoms with Gasteiger partial charge in [0.05, 0.1) is 12.4 Å². The second-order valence-electron chi connectivity index (χ2n) is 5.64. The van der Waals surface area contributed by atoms with Crippen LogP contribution < -0.4 is 16.2 Å². The van der Waals surface area contributed by atoms with Gasteiger partial charge in [-0.1, -0.05) is 13.8 Å². The summed E-state index contributed by atoms with van der Waals surface area (Å²) >= 11 is 0. The van der Waals surface area contributed by atoms with Gasteiger partial charge >= 0.3 is 0 Å². The lowest BCUT2D eigenvalue weighted by atomic mass is 10.0. The molecule has 23 heavy (non-hydrogen) atoms. The maximum atomic E-state index is 12.1. The normalized spacial score (nSPS) is 14.5. The number of hydrogen-bond donors (Lipinski definition) is 5. The molecule has 0 radical (unpaired) electrons. The standard InChI is InChI=1S/C13H27N3O6S/c1-9(2)12(16-14-5-4-6-23(3,21)22)13(20)15-10(7-17)11(19)8-18/h9-10,12,14,16-18H,4-8H2,1-3H3,(H,15,20)/t10-,12-/m0/s1. The van der Waals surface area contributed by atoms with Gasteiger partial charge in [0.1, 0.15) is 28.5 Å². The Bertz CT molecular complexity index is 480. The first-order valence-electron chi connectivity index (χ1n) is 7.33. The molecule has 0 aliphatic heterocycles. The lowest BCUT2D eigenvalue weighted by Gasteiger charge is -2.24. The molecule has 0 heterocycles. The maximum absolute atomic E-state index is 12.1. The van der Waals surface area contributed by atoms with E-state index in [0.29, 0.717) is 13.0 Å². The molecule has 0 aliphatic rings. The molecule has 0 spiro atoms. The first-order valence-corrected chi connectivity index (χ1v) is 9.39. The molecule has 0 aliphatic carbocycles. The van der Waals surface area contributed by atoms with Gasteiger partial charge in [-0.2, -0.15) is 0 Å². The van der Waals surface area contributed by atoms with E-state index in [1.807, 2.05) is 0 Å². The molecule has 10 heteroatoms. The Labute approximate surface area is 136 Å². The van der Waals surface area contributed by atoms with Gasteiger partial charge in [-0.25, -0.2) is 13.8 Å². The Morgan fingerprint density at radius 1 is 1.17 bits per heavy atom. The molecule has 0 aromatic heterocycles. The minimum Gasteiger partial charge on any atom is -0.394 e. The third-order valence-corrected chi connectivity index (χ3v) is 4.10. The van der Waals surface area contributed by atoms with Crippen molar-refractivity contribution in [2.24, 2.45) is 5.92 Å². The molecule has 5 N–H and O–H groups in total. The number of aliphatic hydroxyl groups excluding tert-OH is 2. The number of carbonyl (C=O) groups excluding carboxylic acids is 2. The first-order chi connectivity index (χ1) is 10.6. The highest BCUT2D eigenvalue weighted by atomic mass is 32.2. The van der Waals surface area contributed by atoms with Gasteiger partial charge in [-0.3, -0.25) is 15.0 Å². The highest BCUT2D eigenvalue weighted by Gasteiger charge is 2.26. The maximum Gasteiger partial charge on any atom is 0.239 e. The monoisotopic (exact) mass is 353 g/mol. The predicted molar refractivity (Wildman–Crippen MR) is 85.2 cm³/mol. The van der Waals surface area contributed by atoms with Gasteiger partial charge in [-0.05, 0) is 12.3 Å². The molecule has 0 bridgehead atoms. The third kappa shape index (κ3) is 9.61. The van der Waals surface area contributed by atoms with Gasteiger partial charge in [0.25, 0.3) is 0 Å². The summed E-state index contributed by atoms with van der Waals surface area (Å²) in [5.41, 5.74) is 5.56. The van der Waals surface area contributed by atoms with Gasteiger partial charge in [0.2, 0.25) is 5.91 Å². The van der Waals surface area contributed by atoms with E-state index in [2.05, 4.69) is 16.2 Å². The molecule has 0 saturated carbocycles. The Kier molecular flexibility index (Phi) is 10.2. The van der Waals surface area contributed by atoms with Crippen molar-refractivity contribution < 1.29 is 28.2 Å². The van der Waals surface area contributed by atoms with Gasteiger partial charge < -0.3 is 15.5 Å². The number of ketones is 1. The highest BCUT2D eigenvalue weighted by Crippen LogP contribution is 2.02. The van der Waals surface area contributed by atoms with Crippen molar-refractivity contribution in [2.45, 2.75) is 32.4 Å². The van der Waals surface area contributed by atoms with E-state index >= 15 is 0 Å². The van der Waals surface area contributed by atoms with Crippen LogP contribution in [-0.4, -0.2) is 74.2 Å². The molecule has 1 amide bonds. The lowest BCUT2D eigenvalue weighted by molar-refractivity contribution is -0.132. The van der Waals surface area contributed by atoms with Crippen molar-refractivity contribution >= 4 is 21.5 Å². The molecule has 0 aromatic carbocycles. The van der Waals surface area contributed by atoms with Crippen molar-refractivity contribution in [3.63, 3.8) is 0 Å². The van der Waals surface area contributed by atoms with Crippen LogP contribution in [0.4, 0.5) is 0 Å². The SMILES string of the molecule is CC(C)[C@H](NNCCCS(C)(=O)=O)C(=O)N[C@@H](CO)C(=O)CO. The fraction of sp³-hybridized carbons (Fsp3) is 0.846. The van der Waals surface area contributed by atoms with Crippen molar-refractivity contribution in [1.29, 1.82) is 0 Å². The van der Waals surface area contributed by atoms with Gasteiger partial charge in [-0.15, -0.1) is 0 Å². The molecule has 0 saturated heterocycles. The smallest absolute Gasteiger partial charge is 0.239 e. The van der Waals surface area contributed by atoms with E-state index in [1.165, 1.54) is 0 Å². The summed E-state index contributed by atoms with van der Waals surface area (Å²) in [4.78, 5) is 23.5. The van der Waals surface area contributed by atoms with Crippen LogP contribution in [0.15, 0.2) is 0 Å². The summed E-state index contributed by atoms with van der Waals surface area (Å²) in [5, 5.41) is 20.2. The average molecular weight is 353 g/mol. The van der Waals surface area contributed by atoms with E-state index < -0.39 is 46.8 Å². The number of sulfone groups is 1. The van der Waals surface area contributed by atoms with Crippen molar-refractivity contribution in [3.8, 4) is 0 Å². The van der Waals surface area contributed by atoms with Gasteiger partial charge in [0.15, 0.2) is 5.78 Å². The van der Waals surface area contributed by atoms with Crippen LogP contribution >= 0.6 is 0 Å². The number of hydrogen-bond acceptors (Lipinski definition) is 8. The van der Waals surface area contributed by atoms with Crippen LogP contribution in [0.5, 0.6) is 0 Å². The van der Waals surface area contributed by atoms with E-state index in [0.717, 1.165) is 6.26 Å². The van der Waals surface area contributed by atoms with Crippen LogP contribution in [-0.2, 0) is 19.4 Å². The summed E-state index contributed by atoms with van der Waals surface area (Å²) in [6.07, 6.45) is 1.54. The lowest BCUT2D eigenvalue weighted by Crippen LogP contribution is -2.56. The fourth-order valence-electron chi connectivity index (χ4n) is 1.74. The Morgan fingerprint density at radius 2 is 1.78 bits per heavy atom. The van der Waals surface area contributed by atoms with Crippen molar-refractivity contribution in [3.05, 3.63) is 0 Å². The van der Waals surface area contributed by atoms with Gasteiger partial charge in [0, 0.05) is 12.8 Å². The topological polar surface area (TPSA) is 145 Å². The zero-order valence-electron chi connectivity index (χ0n) is 13.7. The average Bonchev–Trinajstić information content (AvgIpc) is 2.45. The number of aliphatic hydroxyl groups is 2. The molecule has 0 rings (SSSR count). The molecule has 2 atom stereocenters. The molecular weight excluding hydrogens is 326 g/mol. The summed E-state index contributed by atoms with van der Waals surface area (Å²) in [6.45, 7) is 2.56. The number of hydrazine groups is 1. The quantitative estimate of drug-likeness (QED) is 0.192. The summed E-state index contributed by atoms with van der Waals surface area (Å²) < 4.78 is 22.0. The van der Waals surface area contributed by atoms with Crippen LogP contribution in [0, 0.1) is 5.92 Å². The molecule has 0 fully saturated rings. The Balaban J connectivity index is 4.43. The van der Waals surface area contributed by atoms with Crippen LogP contribution in [0.3, 0.4) is 0 Å². The summed E-state index contributed by atoms with van der Waals surface area (Å²) in [5.74, 6) is -1.26. The zero-order valence-corrected chi connectivity index (χ0v) is 14.5. The number of amides is 1. The fourth-order valence-corrected chi connectivity index (χ4v) is 2.41. The second-order valence-corrected chi connectivity index (χ2v) is 7.90. The van der Waals surface area contributed by atoms with Crippen molar-refractivity contribution in [1.82, 2.24) is 16.2 Å². The number of rotatable bonds is 12. The number of nitrogens with one attached hydrogen (secondary N) is 3. The molecule has 136 valence electrons. The van der Waals surface area contributed by atoms with Crippen molar-refractivity contribution in [2.75, 3.05) is 31.8 Å². The second kappa shape index (κ2) is 10.7. The molecule has 9 nitrogen and oxygen atoms in total. The molecule has 0 unspecified atom stereocenters. The Morgan fingerprint density at radius 3 is 2.22 bits per heavy atom. The highest BCUT2D eigenvalue weighted by molar-refractivity contribution is 7.90. The number of carbonyl (C=O) groups is 2. The largest absolute Gasteiger partial charge is 0.394 e. The van der Waals surface area contributed by atoms with Crippen LogP contribution in [0.2, 0.25) is 0 Å². The van der Waals surface area contributed by atoms with Crippen LogP contribution in [0.1, 0.15) is 20.3 Å². The first kappa shape index (κ1) is 21.9. The third-order valence-electron chi connectivity index (χ3n) is 3.07. The summed E-state index contributed by atoms with van der Waals surface area (Å²) in [6, 6.07) is -1.84. The molecule has 0 aromatic rings. The number of Topliss-reactive ketones (excluding diaryl/α,β-unsaturated/α-hetero) is 1. The minimum atomic E-state index is -3.03. The van der Waals surface area contributed by atoms with E-state index in [1.54, 1.807) is 13.8 Å².